The van der Waals surface area contributed by atoms with Gasteiger partial charge in [-0.25, -0.2) is 8.42 Å². The van der Waals surface area contributed by atoms with Gasteiger partial charge in [0.1, 0.15) is 5.75 Å². The van der Waals surface area contributed by atoms with Gasteiger partial charge in [0, 0.05) is 0 Å². The molecule has 2 bridgehead atoms. The van der Waals surface area contributed by atoms with Crippen molar-refractivity contribution in [2.24, 2.45) is 10.8 Å². The molecule has 0 atom stereocenters. The smallest absolute Gasteiger partial charge is 0.311 e. The number of hydrogen-bond donors (Lipinski definition) is 1. The van der Waals surface area contributed by atoms with E-state index < -0.39 is 15.3 Å². The highest BCUT2D eigenvalue weighted by Gasteiger charge is 2.54. The van der Waals surface area contributed by atoms with E-state index in [9.17, 15) is 18.3 Å². The van der Waals surface area contributed by atoms with Gasteiger partial charge >= 0.3 is 5.97 Å². The predicted octanol–water partition coefficient (Wildman–Crippen LogP) is 2.68. The van der Waals surface area contributed by atoms with Crippen LogP contribution >= 0.6 is 0 Å². The number of aromatic hydroxyl groups is 1. The molecule has 0 radical (unpaired) electrons. The molecule has 6 heteroatoms. The van der Waals surface area contributed by atoms with Crippen molar-refractivity contribution in [2.45, 2.75) is 43.4 Å². The van der Waals surface area contributed by atoms with Crippen LogP contribution in [0.15, 0.2) is 29.2 Å². The lowest BCUT2D eigenvalue weighted by atomic mass is 9.54. The molecular weight excluding hydrogens is 316 g/mol. The molecule has 0 aliphatic heterocycles. The lowest BCUT2D eigenvalue weighted by Crippen LogP contribution is -2.48. The molecule has 1 aromatic carbocycles. The van der Waals surface area contributed by atoms with Crippen molar-refractivity contribution in [1.29, 1.82) is 0 Å². The van der Waals surface area contributed by atoms with E-state index >= 15 is 0 Å². The molecular formula is C17H22O5S. The molecule has 23 heavy (non-hydrogen) atoms. The third-order valence-electron chi connectivity index (χ3n) is 5.71. The van der Waals surface area contributed by atoms with Crippen LogP contribution in [0.3, 0.4) is 0 Å². The Morgan fingerprint density at radius 3 is 2.09 bits per heavy atom. The first-order chi connectivity index (χ1) is 10.8. The van der Waals surface area contributed by atoms with Crippen molar-refractivity contribution in [2.75, 3.05) is 12.9 Å². The van der Waals surface area contributed by atoms with E-state index in [4.69, 9.17) is 4.74 Å². The minimum Gasteiger partial charge on any atom is -0.508 e. The summed E-state index contributed by atoms with van der Waals surface area (Å²) in [5.41, 5.74) is -0.620. The van der Waals surface area contributed by atoms with Crippen LogP contribution in [0.5, 0.6) is 5.75 Å². The van der Waals surface area contributed by atoms with Crippen molar-refractivity contribution in [3.63, 3.8) is 0 Å². The van der Waals surface area contributed by atoms with Crippen LogP contribution in [-0.2, 0) is 19.4 Å². The molecule has 1 aromatic rings. The van der Waals surface area contributed by atoms with Crippen LogP contribution in [0.4, 0.5) is 0 Å². The molecule has 3 aliphatic carbocycles. The van der Waals surface area contributed by atoms with Crippen molar-refractivity contribution in [1.82, 2.24) is 0 Å². The second-order valence-corrected chi connectivity index (χ2v) is 9.01. The number of benzene rings is 1. The topological polar surface area (TPSA) is 80.7 Å². The largest absolute Gasteiger partial charge is 0.508 e. The number of ether oxygens (including phenoxy) is 1. The van der Waals surface area contributed by atoms with Crippen LogP contribution in [0, 0.1) is 10.8 Å². The Morgan fingerprint density at radius 2 is 1.61 bits per heavy atom. The van der Waals surface area contributed by atoms with E-state index in [2.05, 4.69) is 0 Å². The van der Waals surface area contributed by atoms with Gasteiger partial charge in [-0.15, -0.1) is 0 Å². The predicted molar refractivity (Wildman–Crippen MR) is 84.7 cm³/mol. The Hall–Kier alpha value is -1.56. The molecule has 0 amide bonds. The zero-order valence-electron chi connectivity index (χ0n) is 13.2. The van der Waals surface area contributed by atoms with Gasteiger partial charge in [-0.2, -0.15) is 0 Å². The fourth-order valence-corrected chi connectivity index (χ4v) is 6.10. The van der Waals surface area contributed by atoms with Gasteiger partial charge in [-0.05, 0) is 68.2 Å². The summed E-state index contributed by atoms with van der Waals surface area (Å²) in [7, 11) is -1.98. The second-order valence-electron chi connectivity index (χ2n) is 7.02. The Morgan fingerprint density at radius 1 is 1.09 bits per heavy atom. The van der Waals surface area contributed by atoms with Crippen LogP contribution in [0.25, 0.3) is 0 Å². The quantitative estimate of drug-likeness (QED) is 0.854. The van der Waals surface area contributed by atoms with Crippen LogP contribution in [0.1, 0.15) is 38.5 Å². The van der Waals surface area contributed by atoms with E-state index in [0.717, 1.165) is 19.3 Å². The number of rotatable bonds is 4. The minimum absolute atomic E-state index is 0.0558. The summed E-state index contributed by atoms with van der Waals surface area (Å²) < 4.78 is 30.3. The van der Waals surface area contributed by atoms with Gasteiger partial charge in [-0.3, -0.25) is 4.79 Å². The normalized spacial score (nSPS) is 30.1. The number of carbonyl (C=O) groups excluding carboxylic acids is 1. The minimum atomic E-state index is -3.40. The molecule has 5 nitrogen and oxygen atoms in total. The zero-order valence-corrected chi connectivity index (χ0v) is 14.1. The number of esters is 1. The lowest BCUT2D eigenvalue weighted by Gasteiger charge is -2.51. The fraction of sp³-hybridized carbons (Fsp3) is 0.588. The van der Waals surface area contributed by atoms with E-state index in [1.807, 2.05) is 0 Å². The molecule has 1 N–H and O–H groups in total. The first-order valence-corrected chi connectivity index (χ1v) is 9.56. The monoisotopic (exact) mass is 338 g/mol. The van der Waals surface area contributed by atoms with Crippen LogP contribution in [-0.4, -0.2) is 32.4 Å². The molecule has 0 unspecified atom stereocenters. The molecule has 0 aromatic heterocycles. The Balaban J connectivity index is 1.77. The number of fused-ring (bicyclic) bond motifs is 3. The number of phenolic OH excluding ortho intramolecular Hbond substituents is 1. The fourth-order valence-electron chi connectivity index (χ4n) is 4.14. The molecule has 0 saturated heterocycles. The first-order valence-electron chi connectivity index (χ1n) is 7.91. The maximum atomic E-state index is 12.7. The third kappa shape index (κ3) is 2.84. The highest BCUT2D eigenvalue weighted by atomic mass is 32.2. The van der Waals surface area contributed by atoms with Gasteiger partial charge in [0.05, 0.1) is 23.2 Å². The molecule has 3 aliphatic rings. The highest BCUT2D eigenvalue weighted by Crippen LogP contribution is 2.58. The van der Waals surface area contributed by atoms with Gasteiger partial charge in [-0.1, -0.05) is 0 Å². The van der Waals surface area contributed by atoms with Gasteiger partial charge in [0.15, 0.2) is 9.84 Å². The van der Waals surface area contributed by atoms with E-state index in [1.54, 1.807) is 0 Å². The van der Waals surface area contributed by atoms with Gasteiger partial charge in [0.2, 0.25) is 0 Å². The Bertz CT molecular complexity index is 680. The van der Waals surface area contributed by atoms with E-state index in [1.165, 1.54) is 31.4 Å². The van der Waals surface area contributed by atoms with Crippen molar-refractivity contribution >= 4 is 15.8 Å². The van der Waals surface area contributed by atoms with E-state index in [0.29, 0.717) is 19.3 Å². The summed E-state index contributed by atoms with van der Waals surface area (Å²) in [6, 6.07) is 5.69. The molecule has 0 heterocycles. The molecule has 126 valence electrons. The third-order valence-corrected chi connectivity index (χ3v) is 7.69. The Labute approximate surface area is 136 Å². The molecule has 3 fully saturated rings. The van der Waals surface area contributed by atoms with Gasteiger partial charge in [0.25, 0.3) is 0 Å². The molecule has 4 rings (SSSR count). The number of phenols is 1. The maximum Gasteiger partial charge on any atom is 0.311 e. The average molecular weight is 338 g/mol. The van der Waals surface area contributed by atoms with E-state index in [-0.39, 0.29) is 27.8 Å². The molecule has 0 spiro atoms. The second kappa shape index (κ2) is 5.51. The summed E-state index contributed by atoms with van der Waals surface area (Å²) in [5, 5.41) is 9.31. The Kier molecular flexibility index (Phi) is 3.91. The van der Waals surface area contributed by atoms with Gasteiger partial charge < -0.3 is 9.84 Å². The first kappa shape index (κ1) is 16.3. The highest BCUT2D eigenvalue weighted by molar-refractivity contribution is 7.91. The summed E-state index contributed by atoms with van der Waals surface area (Å²) in [5.74, 6) is 0.0228. The summed E-state index contributed by atoms with van der Waals surface area (Å²) in [6.45, 7) is 0. The standard InChI is InChI=1S/C17H22O5S/c1-22-15(19)17-9-6-16(7-10-17,8-11-17)12-23(20,21)14-4-2-13(18)3-5-14/h2-5,18H,6-12H2,1H3. The lowest BCUT2D eigenvalue weighted by molar-refractivity contribution is -0.161. The maximum absolute atomic E-state index is 12.7. The van der Waals surface area contributed by atoms with Crippen molar-refractivity contribution < 1.29 is 23.1 Å². The number of carbonyl (C=O) groups is 1. The summed E-state index contributed by atoms with van der Waals surface area (Å²) in [6.07, 6.45) is 4.39. The summed E-state index contributed by atoms with van der Waals surface area (Å²) in [4.78, 5) is 12.3. The summed E-state index contributed by atoms with van der Waals surface area (Å²) >= 11 is 0. The number of sulfone groups is 1. The van der Waals surface area contributed by atoms with Crippen molar-refractivity contribution in [3.05, 3.63) is 24.3 Å². The number of hydrogen-bond acceptors (Lipinski definition) is 5. The molecule has 3 saturated carbocycles. The SMILES string of the molecule is COC(=O)C12CCC(CS(=O)(=O)c3ccc(O)cc3)(CC1)CC2. The zero-order chi connectivity index (χ0) is 16.7. The van der Waals surface area contributed by atoms with Crippen molar-refractivity contribution in [3.8, 4) is 5.75 Å². The van der Waals surface area contributed by atoms with Crippen LogP contribution in [0.2, 0.25) is 0 Å². The van der Waals surface area contributed by atoms with Crippen LogP contribution < -0.4 is 0 Å². The number of methoxy groups -OCH3 is 1. The average Bonchev–Trinajstić information content (AvgIpc) is 2.55.